The molecule has 0 aliphatic rings. The van der Waals surface area contributed by atoms with Gasteiger partial charge in [-0.15, -0.1) is 11.3 Å². The molecule has 0 radical (unpaired) electrons. The van der Waals surface area contributed by atoms with Gasteiger partial charge in [-0.25, -0.2) is 13.2 Å². The summed E-state index contributed by atoms with van der Waals surface area (Å²) in [7, 11) is -3.75. The first-order valence-electron chi connectivity index (χ1n) is 10.2. The highest BCUT2D eigenvalue weighted by Crippen LogP contribution is 2.25. The van der Waals surface area contributed by atoms with Crippen LogP contribution in [0.25, 0.3) is 0 Å². The summed E-state index contributed by atoms with van der Waals surface area (Å²) in [6.07, 6.45) is 0. The predicted octanol–water partition coefficient (Wildman–Crippen LogP) is 4.92. The number of carbonyl (C=O) groups is 3. The number of hydrogen-bond donors (Lipinski definition) is 3. The van der Waals surface area contributed by atoms with Gasteiger partial charge in [0.1, 0.15) is 4.88 Å². The summed E-state index contributed by atoms with van der Waals surface area (Å²) in [6.45, 7) is 0. The molecule has 4 N–H and O–H groups in total. The van der Waals surface area contributed by atoms with Crippen molar-refractivity contribution in [2.75, 3.05) is 4.72 Å². The first-order valence-corrected chi connectivity index (χ1v) is 12.9. The minimum absolute atomic E-state index is 0.0329. The molecule has 8 nitrogen and oxygen atoms in total. The van der Waals surface area contributed by atoms with Gasteiger partial charge >= 0.3 is 5.97 Å². The van der Waals surface area contributed by atoms with Crippen LogP contribution >= 0.6 is 22.9 Å². The van der Waals surface area contributed by atoms with E-state index in [4.69, 9.17) is 22.4 Å². The van der Waals surface area contributed by atoms with Crippen LogP contribution in [0.4, 0.5) is 5.69 Å². The van der Waals surface area contributed by atoms with Crippen molar-refractivity contribution in [1.82, 2.24) is 0 Å². The second-order valence-electron chi connectivity index (χ2n) is 7.14. The maximum atomic E-state index is 12.3. The lowest BCUT2D eigenvalue weighted by molar-refractivity contribution is 0.0702. The first kappa shape index (κ1) is 26.6. The van der Waals surface area contributed by atoms with E-state index in [2.05, 4.69) is 4.72 Å². The number of sulfonamides is 1. The number of carboxylic acids is 1. The van der Waals surface area contributed by atoms with Gasteiger partial charge in [0.25, 0.3) is 10.0 Å². The van der Waals surface area contributed by atoms with Gasteiger partial charge in [0, 0.05) is 16.1 Å². The van der Waals surface area contributed by atoms with Crippen LogP contribution in [0.1, 0.15) is 36.0 Å². The summed E-state index contributed by atoms with van der Waals surface area (Å²) in [5.74, 6) is -2.08. The minimum Gasteiger partial charge on any atom is -0.477 e. The topological polar surface area (TPSA) is 144 Å². The Morgan fingerprint density at radius 3 is 2.06 bits per heavy atom. The van der Waals surface area contributed by atoms with Crippen LogP contribution in [-0.4, -0.2) is 31.2 Å². The second kappa shape index (κ2) is 11.6. The van der Waals surface area contributed by atoms with E-state index in [1.54, 1.807) is 42.5 Å². The summed E-state index contributed by atoms with van der Waals surface area (Å²) < 4.78 is 26.2. The van der Waals surface area contributed by atoms with Crippen LogP contribution in [0.15, 0.2) is 95.2 Å². The lowest BCUT2D eigenvalue weighted by atomic mass is 9.98. The molecule has 4 aromatic rings. The quantitative estimate of drug-likeness (QED) is 0.283. The lowest BCUT2D eigenvalue weighted by Gasteiger charge is -2.07. The molecule has 0 spiro atoms. The molecule has 0 fully saturated rings. The van der Waals surface area contributed by atoms with E-state index < -0.39 is 21.9 Å². The standard InChI is InChI=1S/C14H10ClNO2.C11H9NO4S2/c15-10-6-7-11(14(16)18)12(8-10)13(17)9-4-2-1-3-5-9;13-11(14)10-9(6-7-17-10)12-18(15,16)8-4-2-1-3-5-8/h1-8H,(H2,16,18);1-7,12H,(H,13,14). The number of carboxylic acid groups (broad SMARTS) is 1. The number of amides is 1. The number of ketones is 1. The predicted molar refractivity (Wildman–Crippen MR) is 138 cm³/mol. The average molecular weight is 543 g/mol. The van der Waals surface area contributed by atoms with Crippen molar-refractivity contribution in [2.45, 2.75) is 4.90 Å². The van der Waals surface area contributed by atoms with Gasteiger partial charge in [0.15, 0.2) is 5.78 Å². The molecular formula is C25H19ClN2O6S2. The van der Waals surface area contributed by atoms with Crippen LogP contribution in [0.2, 0.25) is 5.02 Å². The summed E-state index contributed by atoms with van der Waals surface area (Å²) in [5.41, 5.74) is 6.21. The van der Waals surface area contributed by atoms with Gasteiger partial charge in [-0.1, -0.05) is 60.1 Å². The second-order valence-corrected chi connectivity index (χ2v) is 10.2. The van der Waals surface area contributed by atoms with E-state index in [0.29, 0.717) is 10.6 Å². The van der Waals surface area contributed by atoms with Gasteiger partial charge in [0.2, 0.25) is 5.91 Å². The van der Waals surface area contributed by atoms with E-state index in [1.807, 2.05) is 6.07 Å². The molecule has 0 aliphatic heterocycles. The number of hydrogen-bond acceptors (Lipinski definition) is 6. The number of halogens is 1. The maximum Gasteiger partial charge on any atom is 0.348 e. The Morgan fingerprint density at radius 2 is 1.47 bits per heavy atom. The van der Waals surface area contributed by atoms with E-state index in [9.17, 15) is 22.8 Å². The molecule has 0 saturated heterocycles. The highest BCUT2D eigenvalue weighted by molar-refractivity contribution is 7.92. The van der Waals surface area contributed by atoms with Gasteiger partial charge in [-0.2, -0.15) is 0 Å². The number of thiophene rings is 1. The highest BCUT2D eigenvalue weighted by atomic mass is 35.5. The van der Waals surface area contributed by atoms with Gasteiger partial charge < -0.3 is 10.8 Å². The van der Waals surface area contributed by atoms with Crippen molar-refractivity contribution < 1.29 is 27.9 Å². The number of nitrogens with one attached hydrogen (secondary N) is 1. The zero-order chi connectivity index (χ0) is 26.3. The van der Waals surface area contributed by atoms with Crippen LogP contribution in [-0.2, 0) is 10.0 Å². The number of aromatic carboxylic acids is 1. The summed E-state index contributed by atoms with van der Waals surface area (Å²) >= 11 is 6.82. The Labute approximate surface area is 216 Å². The van der Waals surface area contributed by atoms with Crippen LogP contribution in [0.3, 0.4) is 0 Å². The monoisotopic (exact) mass is 542 g/mol. The number of rotatable bonds is 7. The molecule has 0 atom stereocenters. The van der Waals surface area contributed by atoms with E-state index >= 15 is 0 Å². The van der Waals surface area contributed by atoms with Crippen LogP contribution < -0.4 is 10.5 Å². The third-order valence-corrected chi connectivity index (χ3v) is 7.20. The SMILES string of the molecule is NC(=O)c1ccc(Cl)cc1C(=O)c1ccccc1.O=C(O)c1sccc1NS(=O)(=O)c1ccccc1. The molecule has 1 aromatic heterocycles. The van der Waals surface area contributed by atoms with Gasteiger partial charge in [-0.05, 0) is 41.8 Å². The van der Waals surface area contributed by atoms with Crippen molar-refractivity contribution in [2.24, 2.45) is 5.73 Å². The van der Waals surface area contributed by atoms with Crippen LogP contribution in [0, 0.1) is 0 Å². The highest BCUT2D eigenvalue weighted by Gasteiger charge is 2.19. The largest absolute Gasteiger partial charge is 0.477 e. The molecule has 0 unspecified atom stereocenters. The smallest absolute Gasteiger partial charge is 0.348 e. The third kappa shape index (κ3) is 6.57. The van der Waals surface area contributed by atoms with E-state index in [-0.39, 0.29) is 32.4 Å². The minimum atomic E-state index is -3.75. The molecule has 0 saturated carbocycles. The van der Waals surface area contributed by atoms with Crippen molar-refractivity contribution in [3.8, 4) is 0 Å². The Bertz CT molecular complexity index is 1500. The summed E-state index contributed by atoms with van der Waals surface area (Å²) in [4.78, 5) is 34.5. The molecule has 0 aliphatic carbocycles. The summed E-state index contributed by atoms with van der Waals surface area (Å²) in [6, 6.07) is 22.3. The zero-order valence-electron chi connectivity index (χ0n) is 18.4. The molecule has 36 heavy (non-hydrogen) atoms. The third-order valence-electron chi connectivity index (χ3n) is 4.68. The van der Waals surface area contributed by atoms with Crippen molar-refractivity contribution >= 4 is 56.3 Å². The molecule has 0 bridgehead atoms. The van der Waals surface area contributed by atoms with E-state index in [0.717, 1.165) is 11.3 Å². The maximum absolute atomic E-state index is 12.3. The van der Waals surface area contributed by atoms with Crippen molar-refractivity contribution in [3.05, 3.63) is 117 Å². The van der Waals surface area contributed by atoms with Crippen LogP contribution in [0.5, 0.6) is 0 Å². The number of nitrogens with two attached hydrogens (primary N) is 1. The fourth-order valence-corrected chi connectivity index (χ4v) is 5.04. The van der Waals surface area contributed by atoms with E-state index in [1.165, 1.54) is 41.8 Å². The van der Waals surface area contributed by atoms with Gasteiger partial charge in [-0.3, -0.25) is 14.3 Å². The number of primary amides is 1. The molecule has 1 amide bonds. The molecule has 184 valence electrons. The van der Waals surface area contributed by atoms with Gasteiger partial charge in [0.05, 0.1) is 16.1 Å². The molecule has 11 heteroatoms. The zero-order valence-corrected chi connectivity index (χ0v) is 20.8. The van der Waals surface area contributed by atoms with Crippen molar-refractivity contribution in [1.29, 1.82) is 0 Å². The summed E-state index contributed by atoms with van der Waals surface area (Å²) in [5, 5.41) is 10.8. The number of carbonyl (C=O) groups excluding carboxylic acids is 2. The fourth-order valence-electron chi connectivity index (χ4n) is 3.02. The molecule has 4 rings (SSSR count). The molecule has 1 heterocycles. The Balaban J connectivity index is 0.000000201. The Hall–Kier alpha value is -3.99. The molecule has 3 aromatic carbocycles. The molecular weight excluding hydrogens is 524 g/mol. The average Bonchev–Trinajstić information content (AvgIpc) is 3.32. The number of benzene rings is 3. The lowest BCUT2D eigenvalue weighted by Crippen LogP contribution is -2.16. The Kier molecular flexibility index (Phi) is 8.59. The fraction of sp³-hybridized carbons (Fsp3) is 0. The van der Waals surface area contributed by atoms with Crippen molar-refractivity contribution in [3.63, 3.8) is 0 Å². The number of anilines is 1. The normalized spacial score (nSPS) is 10.6. The Morgan fingerprint density at radius 1 is 0.861 bits per heavy atom. The first-order chi connectivity index (χ1) is 17.1.